The van der Waals surface area contributed by atoms with Crippen molar-refractivity contribution < 1.29 is 9.72 Å². The fourth-order valence-corrected chi connectivity index (χ4v) is 3.60. The first-order valence-electron chi connectivity index (χ1n) is 9.17. The quantitative estimate of drug-likeness (QED) is 0.495. The predicted molar refractivity (Wildman–Crippen MR) is 107 cm³/mol. The average molecular weight is 373 g/mol. The van der Waals surface area contributed by atoms with Gasteiger partial charge in [-0.2, -0.15) is 0 Å². The Bertz CT molecular complexity index is 986. The van der Waals surface area contributed by atoms with E-state index in [1.165, 1.54) is 12.1 Å². The van der Waals surface area contributed by atoms with E-state index in [9.17, 15) is 14.9 Å². The molecule has 1 unspecified atom stereocenters. The van der Waals surface area contributed by atoms with Crippen LogP contribution in [-0.2, 0) is 11.2 Å². The minimum atomic E-state index is -0.415. The minimum absolute atomic E-state index is 0.0670. The van der Waals surface area contributed by atoms with Gasteiger partial charge in [0.2, 0.25) is 5.91 Å². The zero-order valence-electron chi connectivity index (χ0n) is 15.2. The number of hydrogen-bond donors (Lipinski definition) is 0. The Morgan fingerprint density at radius 2 is 1.61 bits per heavy atom. The highest BCUT2D eigenvalue weighted by atomic mass is 16.6. The normalized spacial score (nSPS) is 16.4. The number of hydrogen-bond acceptors (Lipinski definition) is 4. The van der Waals surface area contributed by atoms with Gasteiger partial charge >= 0.3 is 0 Å². The van der Waals surface area contributed by atoms with Crippen LogP contribution in [0.1, 0.15) is 12.0 Å². The third kappa shape index (κ3) is 3.62. The van der Waals surface area contributed by atoms with Gasteiger partial charge in [-0.05, 0) is 53.8 Å². The van der Waals surface area contributed by atoms with Gasteiger partial charge in [-0.1, -0.05) is 24.3 Å². The number of benzene rings is 2. The Morgan fingerprint density at radius 3 is 2.25 bits per heavy atom. The van der Waals surface area contributed by atoms with Crippen molar-refractivity contribution >= 4 is 17.3 Å². The standard InChI is InChI=1S/C22H19N3O3/c26-22-19(15-16-1-5-21(6-2-16)25(27)28)11-14-24(22)20-7-3-17(4-8-20)18-9-12-23-13-10-18/h1-10,12-13,19H,11,14-15H2. The zero-order valence-corrected chi connectivity index (χ0v) is 15.2. The molecule has 0 spiro atoms. The predicted octanol–water partition coefficient (Wildman–Crippen LogP) is 4.25. The number of non-ortho nitro benzene ring substituents is 1. The lowest BCUT2D eigenvalue weighted by Gasteiger charge is -2.17. The second kappa shape index (κ2) is 7.60. The highest BCUT2D eigenvalue weighted by Gasteiger charge is 2.32. The molecule has 28 heavy (non-hydrogen) atoms. The van der Waals surface area contributed by atoms with Crippen LogP contribution in [0.5, 0.6) is 0 Å². The van der Waals surface area contributed by atoms with Crippen LogP contribution < -0.4 is 4.90 Å². The summed E-state index contributed by atoms with van der Waals surface area (Å²) in [4.78, 5) is 29.1. The van der Waals surface area contributed by atoms with Gasteiger partial charge in [0.1, 0.15) is 0 Å². The fraction of sp³-hybridized carbons (Fsp3) is 0.182. The van der Waals surface area contributed by atoms with Gasteiger partial charge in [0.15, 0.2) is 0 Å². The number of rotatable bonds is 5. The van der Waals surface area contributed by atoms with E-state index in [4.69, 9.17) is 0 Å². The molecule has 1 aliphatic rings. The van der Waals surface area contributed by atoms with Crippen molar-refractivity contribution in [2.24, 2.45) is 5.92 Å². The van der Waals surface area contributed by atoms with Crippen LogP contribution in [0.3, 0.4) is 0 Å². The first kappa shape index (κ1) is 17.9. The molecule has 2 aromatic carbocycles. The third-order valence-corrected chi connectivity index (χ3v) is 5.14. The van der Waals surface area contributed by atoms with Crippen LogP contribution >= 0.6 is 0 Å². The van der Waals surface area contributed by atoms with Gasteiger partial charge in [-0.25, -0.2) is 0 Å². The van der Waals surface area contributed by atoms with E-state index in [0.717, 1.165) is 28.8 Å². The Labute approximate surface area is 162 Å². The van der Waals surface area contributed by atoms with Crippen molar-refractivity contribution in [2.45, 2.75) is 12.8 Å². The Morgan fingerprint density at radius 1 is 0.964 bits per heavy atom. The summed E-state index contributed by atoms with van der Waals surface area (Å²) < 4.78 is 0. The molecule has 3 aromatic rings. The average Bonchev–Trinajstić information content (AvgIpc) is 3.09. The Balaban J connectivity index is 1.44. The number of nitro groups is 1. The number of nitrogens with zero attached hydrogens (tertiary/aromatic N) is 3. The Hall–Kier alpha value is -3.54. The van der Waals surface area contributed by atoms with E-state index >= 15 is 0 Å². The van der Waals surface area contributed by atoms with E-state index in [2.05, 4.69) is 4.98 Å². The van der Waals surface area contributed by atoms with Gasteiger partial charge in [-0.3, -0.25) is 19.9 Å². The maximum atomic E-state index is 12.8. The van der Waals surface area contributed by atoms with Crippen LogP contribution in [0.4, 0.5) is 11.4 Å². The van der Waals surface area contributed by atoms with E-state index < -0.39 is 4.92 Å². The van der Waals surface area contributed by atoms with Crippen molar-refractivity contribution in [3.63, 3.8) is 0 Å². The van der Waals surface area contributed by atoms with Crippen LogP contribution in [0.15, 0.2) is 73.1 Å². The molecule has 0 saturated carbocycles. The van der Waals surface area contributed by atoms with Crippen molar-refractivity contribution in [3.8, 4) is 11.1 Å². The maximum Gasteiger partial charge on any atom is 0.269 e. The van der Waals surface area contributed by atoms with Crippen LogP contribution in [-0.4, -0.2) is 22.4 Å². The van der Waals surface area contributed by atoms with Gasteiger partial charge < -0.3 is 4.90 Å². The number of carbonyl (C=O) groups is 1. The van der Waals surface area contributed by atoms with Crippen molar-refractivity contribution in [1.82, 2.24) is 4.98 Å². The molecule has 0 radical (unpaired) electrons. The SMILES string of the molecule is O=C1C(Cc2ccc([N+](=O)[O-])cc2)CCN1c1ccc(-c2ccncc2)cc1. The summed E-state index contributed by atoms with van der Waals surface area (Å²) in [5, 5.41) is 10.8. The summed E-state index contributed by atoms with van der Waals surface area (Å²) in [5.74, 6) is 0.0105. The number of carbonyl (C=O) groups excluding carboxylic acids is 1. The first-order chi connectivity index (χ1) is 13.6. The lowest BCUT2D eigenvalue weighted by Crippen LogP contribution is -2.27. The highest BCUT2D eigenvalue weighted by molar-refractivity contribution is 5.97. The molecule has 1 aromatic heterocycles. The van der Waals surface area contributed by atoms with E-state index in [0.29, 0.717) is 13.0 Å². The molecule has 6 nitrogen and oxygen atoms in total. The fourth-order valence-electron chi connectivity index (χ4n) is 3.60. The third-order valence-electron chi connectivity index (χ3n) is 5.14. The smallest absolute Gasteiger partial charge is 0.269 e. The van der Waals surface area contributed by atoms with Crippen molar-refractivity contribution in [3.05, 3.63) is 88.7 Å². The molecule has 1 aliphatic heterocycles. The summed E-state index contributed by atoms with van der Waals surface area (Å²) in [5.41, 5.74) is 4.08. The van der Waals surface area contributed by atoms with Gasteiger partial charge in [-0.15, -0.1) is 0 Å². The Kier molecular flexibility index (Phi) is 4.85. The lowest BCUT2D eigenvalue weighted by molar-refractivity contribution is -0.384. The number of aromatic nitrogens is 1. The minimum Gasteiger partial charge on any atom is -0.312 e. The molecule has 4 rings (SSSR count). The van der Waals surface area contributed by atoms with Crippen molar-refractivity contribution in [2.75, 3.05) is 11.4 Å². The van der Waals surface area contributed by atoms with Gasteiger partial charge in [0.25, 0.3) is 5.69 Å². The maximum absolute atomic E-state index is 12.8. The zero-order chi connectivity index (χ0) is 19.5. The molecule has 1 atom stereocenters. The molecular weight excluding hydrogens is 354 g/mol. The number of amides is 1. The van der Waals surface area contributed by atoms with E-state index in [-0.39, 0.29) is 17.5 Å². The van der Waals surface area contributed by atoms with E-state index in [1.54, 1.807) is 24.5 Å². The summed E-state index contributed by atoms with van der Waals surface area (Å²) in [6.07, 6.45) is 4.90. The molecule has 1 fully saturated rings. The van der Waals surface area contributed by atoms with Gasteiger partial charge in [0, 0.05) is 42.7 Å². The van der Waals surface area contributed by atoms with Crippen LogP contribution in [0.25, 0.3) is 11.1 Å². The topological polar surface area (TPSA) is 76.3 Å². The highest BCUT2D eigenvalue weighted by Crippen LogP contribution is 2.30. The number of anilines is 1. The molecule has 0 aliphatic carbocycles. The molecule has 2 heterocycles. The monoisotopic (exact) mass is 373 g/mol. The molecule has 0 bridgehead atoms. The molecule has 140 valence electrons. The second-order valence-corrected chi connectivity index (χ2v) is 6.89. The molecule has 1 amide bonds. The van der Waals surface area contributed by atoms with Crippen LogP contribution in [0, 0.1) is 16.0 Å². The van der Waals surface area contributed by atoms with Gasteiger partial charge in [0.05, 0.1) is 4.92 Å². The van der Waals surface area contributed by atoms with Crippen molar-refractivity contribution in [1.29, 1.82) is 0 Å². The largest absolute Gasteiger partial charge is 0.312 e. The summed E-state index contributed by atoms with van der Waals surface area (Å²) in [7, 11) is 0. The number of pyridine rings is 1. The number of nitro benzene ring substituents is 1. The summed E-state index contributed by atoms with van der Waals surface area (Å²) in [6, 6.07) is 18.3. The summed E-state index contributed by atoms with van der Waals surface area (Å²) in [6.45, 7) is 0.686. The lowest BCUT2D eigenvalue weighted by atomic mass is 9.98. The molecule has 0 N–H and O–H groups in total. The van der Waals surface area contributed by atoms with Crippen LogP contribution in [0.2, 0.25) is 0 Å². The molecule has 1 saturated heterocycles. The molecular formula is C22H19N3O3. The second-order valence-electron chi connectivity index (χ2n) is 6.89. The molecule has 6 heteroatoms. The first-order valence-corrected chi connectivity index (χ1v) is 9.17. The van der Waals surface area contributed by atoms with E-state index in [1.807, 2.05) is 41.3 Å². The summed E-state index contributed by atoms with van der Waals surface area (Å²) >= 11 is 0.